The van der Waals surface area contributed by atoms with Crippen molar-refractivity contribution in [3.8, 4) is 0 Å². The van der Waals surface area contributed by atoms with E-state index in [-0.39, 0.29) is 12.1 Å². The Morgan fingerprint density at radius 3 is 2.28 bits per heavy atom. The lowest BCUT2D eigenvalue weighted by atomic mass is 9.97. The minimum absolute atomic E-state index is 0.168. The third-order valence-electron chi connectivity index (χ3n) is 5.05. The summed E-state index contributed by atoms with van der Waals surface area (Å²) in [5.41, 5.74) is -0.422. The van der Waals surface area contributed by atoms with Crippen LogP contribution >= 0.6 is 0 Å². The number of ether oxygens (including phenoxy) is 1. The minimum atomic E-state index is -0.422. The molecule has 1 rings (SSSR count). The Morgan fingerprint density at radius 1 is 1.08 bits per heavy atom. The molecule has 1 aliphatic rings. The van der Waals surface area contributed by atoms with Crippen LogP contribution in [0.3, 0.4) is 0 Å². The number of rotatable bonds is 10. The molecule has 2 atom stereocenters. The lowest BCUT2D eigenvalue weighted by molar-refractivity contribution is 0.00709. The number of likely N-dealkylation sites (tertiary alicyclic amines) is 1. The van der Waals surface area contributed by atoms with Crippen LogP contribution in [-0.4, -0.2) is 41.8 Å². The van der Waals surface area contributed by atoms with Crippen molar-refractivity contribution in [2.75, 3.05) is 13.1 Å². The highest BCUT2D eigenvalue weighted by Gasteiger charge is 2.33. The third kappa shape index (κ3) is 9.48. The summed E-state index contributed by atoms with van der Waals surface area (Å²) in [5, 5.41) is 3.68. The Labute approximate surface area is 156 Å². The zero-order chi connectivity index (χ0) is 18.7. The smallest absolute Gasteiger partial charge is 0.410 e. The summed E-state index contributed by atoms with van der Waals surface area (Å²) in [6, 6.07) is 0.600. The van der Waals surface area contributed by atoms with Crippen LogP contribution in [0.1, 0.15) is 98.8 Å². The van der Waals surface area contributed by atoms with E-state index in [1.54, 1.807) is 0 Å². The molecule has 2 unspecified atom stereocenters. The summed E-state index contributed by atoms with van der Waals surface area (Å²) in [4.78, 5) is 14.3. The first-order valence-corrected chi connectivity index (χ1v) is 10.6. The number of carbonyl (C=O) groups is 1. The average Bonchev–Trinajstić information content (AvgIpc) is 2.53. The predicted molar refractivity (Wildman–Crippen MR) is 106 cm³/mol. The molecule has 0 aromatic carbocycles. The van der Waals surface area contributed by atoms with Crippen LogP contribution in [0.5, 0.6) is 0 Å². The monoisotopic (exact) mass is 354 g/mol. The molecule has 0 radical (unpaired) electrons. The molecular weight excluding hydrogens is 312 g/mol. The molecule has 1 amide bonds. The SMILES string of the molecule is CCCCCCCCCCNC1CCCN(C(=O)OC(C)(C)C)C1C. The van der Waals surface area contributed by atoms with E-state index in [1.165, 1.54) is 51.4 Å². The fourth-order valence-electron chi connectivity index (χ4n) is 3.54. The fourth-order valence-corrected chi connectivity index (χ4v) is 3.54. The van der Waals surface area contributed by atoms with E-state index in [2.05, 4.69) is 19.2 Å². The van der Waals surface area contributed by atoms with Gasteiger partial charge in [0.2, 0.25) is 0 Å². The van der Waals surface area contributed by atoms with Gasteiger partial charge in [-0.05, 0) is 53.5 Å². The summed E-state index contributed by atoms with van der Waals surface area (Å²) >= 11 is 0. The molecule has 1 saturated heterocycles. The molecular formula is C21H42N2O2. The van der Waals surface area contributed by atoms with Crippen molar-refractivity contribution in [2.45, 2.75) is 117 Å². The van der Waals surface area contributed by atoms with E-state index >= 15 is 0 Å². The van der Waals surface area contributed by atoms with Crippen LogP contribution in [0.25, 0.3) is 0 Å². The number of hydrogen-bond donors (Lipinski definition) is 1. The van der Waals surface area contributed by atoms with Crippen molar-refractivity contribution < 1.29 is 9.53 Å². The molecule has 0 bridgehead atoms. The standard InChI is InChI=1S/C21H42N2O2/c1-6-7-8-9-10-11-12-13-16-22-19-15-14-17-23(18(19)2)20(24)25-21(3,4)5/h18-19,22H,6-17H2,1-5H3. The number of amides is 1. The molecule has 1 heterocycles. The molecule has 1 aliphatic heterocycles. The number of unbranched alkanes of at least 4 members (excludes halogenated alkanes) is 7. The Hall–Kier alpha value is -0.770. The van der Waals surface area contributed by atoms with Crippen LogP contribution in [0.2, 0.25) is 0 Å². The van der Waals surface area contributed by atoms with Crippen molar-refractivity contribution in [3.63, 3.8) is 0 Å². The Balaban J connectivity index is 2.20. The molecule has 25 heavy (non-hydrogen) atoms. The van der Waals surface area contributed by atoms with Gasteiger partial charge in [-0.1, -0.05) is 51.9 Å². The van der Waals surface area contributed by atoms with Crippen LogP contribution in [0.4, 0.5) is 4.79 Å². The molecule has 0 aliphatic carbocycles. The Bertz CT molecular complexity index is 365. The molecule has 148 valence electrons. The van der Waals surface area contributed by atoms with Crippen molar-refractivity contribution in [1.82, 2.24) is 10.2 Å². The summed E-state index contributed by atoms with van der Waals surface area (Å²) < 4.78 is 5.55. The van der Waals surface area contributed by atoms with E-state index in [0.29, 0.717) is 6.04 Å². The van der Waals surface area contributed by atoms with Gasteiger partial charge in [-0.2, -0.15) is 0 Å². The van der Waals surface area contributed by atoms with Gasteiger partial charge in [-0.3, -0.25) is 0 Å². The number of piperidine rings is 1. The number of nitrogens with one attached hydrogen (secondary N) is 1. The molecule has 1 N–H and O–H groups in total. The second-order valence-corrected chi connectivity index (χ2v) is 8.59. The maximum absolute atomic E-state index is 12.4. The summed E-state index contributed by atoms with van der Waals surface area (Å²) in [7, 11) is 0. The van der Waals surface area contributed by atoms with Gasteiger partial charge in [0.1, 0.15) is 5.60 Å². The zero-order valence-corrected chi connectivity index (χ0v) is 17.4. The predicted octanol–water partition coefficient (Wildman–Crippen LogP) is 5.50. The summed E-state index contributed by atoms with van der Waals surface area (Å²) in [5.74, 6) is 0. The van der Waals surface area contributed by atoms with Crippen molar-refractivity contribution in [2.24, 2.45) is 0 Å². The minimum Gasteiger partial charge on any atom is -0.444 e. The zero-order valence-electron chi connectivity index (χ0n) is 17.4. The van der Waals surface area contributed by atoms with E-state index < -0.39 is 5.60 Å². The molecule has 0 spiro atoms. The van der Waals surface area contributed by atoms with Gasteiger partial charge >= 0.3 is 6.09 Å². The van der Waals surface area contributed by atoms with E-state index in [4.69, 9.17) is 4.74 Å². The third-order valence-corrected chi connectivity index (χ3v) is 5.05. The van der Waals surface area contributed by atoms with Crippen molar-refractivity contribution in [1.29, 1.82) is 0 Å². The first-order valence-electron chi connectivity index (χ1n) is 10.6. The highest BCUT2D eigenvalue weighted by atomic mass is 16.6. The van der Waals surface area contributed by atoms with Gasteiger partial charge in [0.15, 0.2) is 0 Å². The molecule has 4 nitrogen and oxygen atoms in total. The highest BCUT2D eigenvalue weighted by Crippen LogP contribution is 2.21. The van der Waals surface area contributed by atoms with Crippen LogP contribution in [-0.2, 0) is 4.74 Å². The van der Waals surface area contributed by atoms with E-state index in [0.717, 1.165) is 25.9 Å². The Kier molecular flexibility index (Phi) is 10.5. The lowest BCUT2D eigenvalue weighted by Gasteiger charge is -2.40. The van der Waals surface area contributed by atoms with Gasteiger partial charge < -0.3 is 15.0 Å². The van der Waals surface area contributed by atoms with Gasteiger partial charge in [0, 0.05) is 18.6 Å². The van der Waals surface area contributed by atoms with Gasteiger partial charge in [0.05, 0.1) is 0 Å². The fraction of sp³-hybridized carbons (Fsp3) is 0.952. The molecule has 1 fully saturated rings. The number of nitrogens with zero attached hydrogens (tertiary/aromatic N) is 1. The number of carbonyl (C=O) groups excluding carboxylic acids is 1. The molecule has 0 aromatic rings. The van der Waals surface area contributed by atoms with Crippen LogP contribution < -0.4 is 5.32 Å². The maximum Gasteiger partial charge on any atom is 0.410 e. The van der Waals surface area contributed by atoms with E-state index in [1.807, 2.05) is 25.7 Å². The number of hydrogen-bond acceptors (Lipinski definition) is 3. The average molecular weight is 355 g/mol. The molecule has 4 heteroatoms. The topological polar surface area (TPSA) is 41.6 Å². The lowest BCUT2D eigenvalue weighted by Crippen LogP contribution is -2.55. The van der Waals surface area contributed by atoms with Crippen molar-refractivity contribution in [3.05, 3.63) is 0 Å². The first-order chi connectivity index (χ1) is 11.8. The van der Waals surface area contributed by atoms with E-state index in [9.17, 15) is 4.79 Å². The second kappa shape index (κ2) is 11.8. The van der Waals surface area contributed by atoms with Crippen LogP contribution in [0, 0.1) is 0 Å². The molecule has 0 aromatic heterocycles. The van der Waals surface area contributed by atoms with Crippen LogP contribution in [0.15, 0.2) is 0 Å². The molecule has 0 saturated carbocycles. The van der Waals surface area contributed by atoms with Crippen molar-refractivity contribution >= 4 is 6.09 Å². The normalized spacial score (nSPS) is 21.4. The maximum atomic E-state index is 12.4. The first kappa shape index (κ1) is 22.3. The Morgan fingerprint density at radius 2 is 1.68 bits per heavy atom. The summed E-state index contributed by atoms with van der Waals surface area (Å²) in [6.45, 7) is 12.1. The van der Waals surface area contributed by atoms with Gasteiger partial charge in [-0.25, -0.2) is 4.79 Å². The van der Waals surface area contributed by atoms with Gasteiger partial charge in [0.25, 0.3) is 0 Å². The highest BCUT2D eigenvalue weighted by molar-refractivity contribution is 5.68. The quantitative estimate of drug-likeness (QED) is 0.526. The van der Waals surface area contributed by atoms with Gasteiger partial charge in [-0.15, -0.1) is 0 Å². The summed E-state index contributed by atoms with van der Waals surface area (Å²) in [6.07, 6.45) is 12.8. The second-order valence-electron chi connectivity index (χ2n) is 8.59. The largest absolute Gasteiger partial charge is 0.444 e.